The maximum atomic E-state index is 12.6. The number of hydrogen-bond donors (Lipinski definition) is 1. The van der Waals surface area contributed by atoms with Crippen molar-refractivity contribution >= 4 is 11.9 Å². The van der Waals surface area contributed by atoms with Gasteiger partial charge in [0.05, 0.1) is 19.1 Å². The first-order valence-electron chi connectivity index (χ1n) is 9.03. The van der Waals surface area contributed by atoms with Crippen molar-refractivity contribution < 1.29 is 14.3 Å². The smallest absolute Gasteiger partial charge is 0.317 e. The molecule has 0 aromatic carbocycles. The predicted octanol–water partition coefficient (Wildman–Crippen LogP) is 0.904. The number of hydrogen-bond acceptors (Lipinski definition) is 4. The van der Waals surface area contributed by atoms with Crippen molar-refractivity contribution in [3.8, 4) is 0 Å². The van der Waals surface area contributed by atoms with E-state index in [1.165, 1.54) is 0 Å². The number of urea groups is 1. The number of pyridine rings is 1. The summed E-state index contributed by atoms with van der Waals surface area (Å²) in [5.41, 5.74) is 0.960. The Balaban J connectivity index is 1.45. The van der Waals surface area contributed by atoms with Crippen molar-refractivity contribution in [1.29, 1.82) is 0 Å². The number of rotatable bonds is 4. The fraction of sp³-hybridized carbons (Fsp3) is 0.611. The van der Waals surface area contributed by atoms with Crippen molar-refractivity contribution in [3.63, 3.8) is 0 Å². The molecule has 3 amide bonds. The van der Waals surface area contributed by atoms with Crippen LogP contribution in [-0.4, -0.2) is 72.7 Å². The van der Waals surface area contributed by atoms with E-state index >= 15 is 0 Å². The molecule has 0 aliphatic carbocycles. The van der Waals surface area contributed by atoms with Crippen LogP contribution >= 0.6 is 0 Å². The predicted molar refractivity (Wildman–Crippen MR) is 93.0 cm³/mol. The van der Waals surface area contributed by atoms with E-state index in [0.29, 0.717) is 52.4 Å². The number of ether oxygens (including phenoxy) is 1. The fourth-order valence-electron chi connectivity index (χ4n) is 3.36. The van der Waals surface area contributed by atoms with Crippen molar-refractivity contribution in [2.24, 2.45) is 5.92 Å². The highest BCUT2D eigenvalue weighted by Crippen LogP contribution is 2.19. The van der Waals surface area contributed by atoms with Crippen LogP contribution in [0, 0.1) is 5.92 Å². The molecule has 3 rings (SSSR count). The Kier molecular flexibility index (Phi) is 6.22. The average Bonchev–Trinajstić information content (AvgIpc) is 2.69. The van der Waals surface area contributed by atoms with Gasteiger partial charge >= 0.3 is 6.03 Å². The van der Waals surface area contributed by atoms with Crippen molar-refractivity contribution in [1.82, 2.24) is 20.1 Å². The number of nitrogens with zero attached hydrogens (tertiary/aromatic N) is 3. The van der Waals surface area contributed by atoms with Crippen LogP contribution in [0.5, 0.6) is 0 Å². The van der Waals surface area contributed by atoms with Gasteiger partial charge in [0, 0.05) is 51.0 Å². The lowest BCUT2D eigenvalue weighted by molar-refractivity contribution is -0.141. The van der Waals surface area contributed by atoms with Gasteiger partial charge in [-0.3, -0.25) is 9.78 Å². The number of morpholine rings is 1. The highest BCUT2D eigenvalue weighted by molar-refractivity contribution is 5.81. The lowest BCUT2D eigenvalue weighted by atomic mass is 9.96. The third-order valence-corrected chi connectivity index (χ3v) is 4.76. The minimum absolute atomic E-state index is 0.0876. The second-order valence-electron chi connectivity index (χ2n) is 6.53. The van der Waals surface area contributed by atoms with E-state index in [2.05, 4.69) is 10.3 Å². The number of likely N-dealkylation sites (tertiary alicyclic amines) is 1. The van der Waals surface area contributed by atoms with Gasteiger partial charge < -0.3 is 19.9 Å². The average molecular weight is 346 g/mol. The standard InChI is InChI=1S/C18H26N4O3/c23-17(21-10-12-25-13-11-21)15-4-3-9-22(14-15)18(24)20-8-6-16-5-1-2-7-19-16/h1-2,5,7,15H,3-4,6,8-14H2,(H,20,24). The van der Waals surface area contributed by atoms with Crippen molar-refractivity contribution in [2.75, 3.05) is 45.9 Å². The summed E-state index contributed by atoms with van der Waals surface area (Å²) < 4.78 is 5.30. The van der Waals surface area contributed by atoms with Crippen LogP contribution in [-0.2, 0) is 16.0 Å². The highest BCUT2D eigenvalue weighted by atomic mass is 16.5. The Labute approximate surface area is 148 Å². The summed E-state index contributed by atoms with van der Waals surface area (Å²) in [5.74, 6) is 0.0719. The second kappa shape index (κ2) is 8.80. The quantitative estimate of drug-likeness (QED) is 0.879. The minimum Gasteiger partial charge on any atom is -0.378 e. The number of aromatic nitrogens is 1. The molecule has 25 heavy (non-hydrogen) atoms. The molecular formula is C18H26N4O3. The molecule has 1 unspecified atom stereocenters. The summed E-state index contributed by atoms with van der Waals surface area (Å²) >= 11 is 0. The highest BCUT2D eigenvalue weighted by Gasteiger charge is 2.31. The van der Waals surface area contributed by atoms with E-state index in [-0.39, 0.29) is 17.9 Å². The van der Waals surface area contributed by atoms with Crippen LogP contribution in [0.2, 0.25) is 0 Å². The monoisotopic (exact) mass is 346 g/mol. The van der Waals surface area contributed by atoms with E-state index in [1.54, 1.807) is 11.1 Å². The molecule has 7 nitrogen and oxygen atoms in total. The summed E-state index contributed by atoms with van der Waals surface area (Å²) in [6.07, 6.45) is 4.18. The van der Waals surface area contributed by atoms with Gasteiger partial charge in [0.15, 0.2) is 0 Å². The van der Waals surface area contributed by atoms with Gasteiger partial charge in [0.25, 0.3) is 0 Å². The van der Waals surface area contributed by atoms with Crippen LogP contribution < -0.4 is 5.32 Å². The number of carbonyl (C=O) groups is 2. The van der Waals surface area contributed by atoms with E-state index in [4.69, 9.17) is 4.74 Å². The fourth-order valence-corrected chi connectivity index (χ4v) is 3.36. The lowest BCUT2D eigenvalue weighted by Crippen LogP contribution is -2.51. The zero-order chi connectivity index (χ0) is 17.5. The van der Waals surface area contributed by atoms with Gasteiger partial charge in [-0.05, 0) is 25.0 Å². The molecule has 3 heterocycles. The minimum atomic E-state index is -0.0895. The first kappa shape index (κ1) is 17.7. The third kappa shape index (κ3) is 4.92. The molecule has 2 aliphatic rings. The summed E-state index contributed by atoms with van der Waals surface area (Å²) in [6, 6.07) is 5.68. The molecule has 0 radical (unpaired) electrons. The van der Waals surface area contributed by atoms with Crippen LogP contribution in [0.4, 0.5) is 4.79 Å². The maximum absolute atomic E-state index is 12.6. The number of carbonyl (C=O) groups excluding carboxylic acids is 2. The van der Waals surface area contributed by atoms with Crippen molar-refractivity contribution in [3.05, 3.63) is 30.1 Å². The summed E-state index contributed by atoms with van der Waals surface area (Å²) in [6.45, 7) is 4.30. The van der Waals surface area contributed by atoms with E-state index < -0.39 is 0 Å². The molecule has 1 aromatic rings. The maximum Gasteiger partial charge on any atom is 0.317 e. The normalized spacial score (nSPS) is 21.0. The van der Waals surface area contributed by atoms with Crippen LogP contribution in [0.3, 0.4) is 0 Å². The zero-order valence-corrected chi connectivity index (χ0v) is 14.5. The largest absolute Gasteiger partial charge is 0.378 e. The Morgan fingerprint density at radius 2 is 2.04 bits per heavy atom. The number of amides is 3. The molecule has 0 bridgehead atoms. The molecule has 2 saturated heterocycles. The number of nitrogens with one attached hydrogen (secondary N) is 1. The molecule has 2 aliphatic heterocycles. The Morgan fingerprint density at radius 1 is 1.20 bits per heavy atom. The molecule has 136 valence electrons. The first-order valence-corrected chi connectivity index (χ1v) is 9.03. The van der Waals surface area contributed by atoms with E-state index in [1.807, 2.05) is 23.1 Å². The van der Waals surface area contributed by atoms with E-state index in [0.717, 1.165) is 18.5 Å². The van der Waals surface area contributed by atoms with Crippen LogP contribution in [0.1, 0.15) is 18.5 Å². The molecule has 1 aromatic heterocycles. The van der Waals surface area contributed by atoms with Gasteiger partial charge in [-0.15, -0.1) is 0 Å². The molecule has 7 heteroatoms. The molecule has 1 N–H and O–H groups in total. The second-order valence-corrected chi connectivity index (χ2v) is 6.53. The van der Waals surface area contributed by atoms with E-state index in [9.17, 15) is 9.59 Å². The molecule has 2 fully saturated rings. The Morgan fingerprint density at radius 3 is 2.80 bits per heavy atom. The first-order chi connectivity index (χ1) is 12.2. The molecule has 0 saturated carbocycles. The lowest BCUT2D eigenvalue weighted by Gasteiger charge is -2.36. The summed E-state index contributed by atoms with van der Waals surface area (Å²) in [5, 5.41) is 2.94. The van der Waals surface area contributed by atoms with Gasteiger partial charge in [-0.2, -0.15) is 0 Å². The third-order valence-electron chi connectivity index (χ3n) is 4.76. The number of piperidine rings is 1. The van der Waals surface area contributed by atoms with Crippen LogP contribution in [0.15, 0.2) is 24.4 Å². The van der Waals surface area contributed by atoms with Crippen molar-refractivity contribution in [2.45, 2.75) is 19.3 Å². The van der Waals surface area contributed by atoms with Gasteiger partial charge in [0.2, 0.25) is 5.91 Å². The molecule has 0 spiro atoms. The summed E-state index contributed by atoms with van der Waals surface area (Å²) in [7, 11) is 0. The van der Waals surface area contributed by atoms with Crippen LogP contribution in [0.25, 0.3) is 0 Å². The molecule has 1 atom stereocenters. The topological polar surface area (TPSA) is 74.8 Å². The SMILES string of the molecule is O=C(NCCc1ccccn1)N1CCCC(C(=O)N2CCOCC2)C1. The zero-order valence-electron chi connectivity index (χ0n) is 14.5. The van der Waals surface area contributed by atoms with Gasteiger partial charge in [-0.1, -0.05) is 6.07 Å². The Hall–Kier alpha value is -2.15. The Bertz CT molecular complexity index is 575. The van der Waals surface area contributed by atoms with Gasteiger partial charge in [-0.25, -0.2) is 4.79 Å². The summed E-state index contributed by atoms with van der Waals surface area (Å²) in [4.78, 5) is 32.9. The van der Waals surface area contributed by atoms with Gasteiger partial charge in [0.1, 0.15) is 0 Å². The molecular weight excluding hydrogens is 320 g/mol.